The van der Waals surface area contributed by atoms with Gasteiger partial charge in [0.05, 0.1) is 24.1 Å². The second-order valence-corrected chi connectivity index (χ2v) is 8.40. The molecule has 3 aromatic rings. The quantitative estimate of drug-likeness (QED) is 0.450. The largest absolute Gasteiger partial charge is 0.496 e. The highest BCUT2D eigenvalue weighted by Crippen LogP contribution is 2.34. The van der Waals surface area contributed by atoms with Gasteiger partial charge < -0.3 is 9.47 Å². The van der Waals surface area contributed by atoms with E-state index in [1.807, 2.05) is 13.8 Å². The Labute approximate surface area is 170 Å². The summed E-state index contributed by atoms with van der Waals surface area (Å²) in [5, 5.41) is 0.665. The first-order chi connectivity index (χ1) is 13.8. The van der Waals surface area contributed by atoms with Crippen LogP contribution in [0.15, 0.2) is 53.6 Å². The molecule has 2 aromatic carbocycles. The van der Waals surface area contributed by atoms with E-state index in [0.717, 1.165) is 11.1 Å². The zero-order valence-corrected chi connectivity index (χ0v) is 17.6. The van der Waals surface area contributed by atoms with Gasteiger partial charge in [-0.3, -0.25) is 0 Å². The number of hydrogen-bond donors (Lipinski definition) is 0. The predicted octanol–water partition coefficient (Wildman–Crippen LogP) is 4.08. The molecule has 0 aliphatic heterocycles. The number of fused-ring (bicyclic) bond motifs is 1. The summed E-state index contributed by atoms with van der Waals surface area (Å²) in [7, 11) is -2.25. The SMILES string of the molecule is CCOC(=O)/C=C/c1c(OC)cc(C)c2c1ccn2S(=O)(=O)c1ccc(C)cc1. The molecule has 0 saturated carbocycles. The van der Waals surface area contributed by atoms with Crippen molar-refractivity contribution in [1.82, 2.24) is 3.97 Å². The summed E-state index contributed by atoms with van der Waals surface area (Å²) in [5.74, 6) is 0.0658. The van der Waals surface area contributed by atoms with Crippen LogP contribution in [0.3, 0.4) is 0 Å². The average molecular weight is 413 g/mol. The van der Waals surface area contributed by atoms with Gasteiger partial charge in [0.15, 0.2) is 0 Å². The van der Waals surface area contributed by atoms with E-state index >= 15 is 0 Å². The standard InChI is InChI=1S/C22H23NO5S/c1-5-28-21(24)11-10-18-19-12-13-23(22(19)16(3)14-20(18)27-4)29(25,26)17-8-6-15(2)7-9-17/h6-14H,5H2,1-4H3/b11-10+. The van der Waals surface area contributed by atoms with Crippen molar-refractivity contribution in [2.45, 2.75) is 25.7 Å². The van der Waals surface area contributed by atoms with Crippen LogP contribution in [0.5, 0.6) is 5.75 Å². The van der Waals surface area contributed by atoms with E-state index in [1.165, 1.54) is 23.4 Å². The van der Waals surface area contributed by atoms with E-state index in [0.29, 0.717) is 22.2 Å². The molecule has 152 valence electrons. The maximum atomic E-state index is 13.2. The minimum Gasteiger partial charge on any atom is -0.496 e. The highest BCUT2D eigenvalue weighted by Gasteiger charge is 2.22. The Morgan fingerprint density at radius 1 is 1.14 bits per heavy atom. The summed E-state index contributed by atoms with van der Waals surface area (Å²) < 4.78 is 38.1. The van der Waals surface area contributed by atoms with Crippen molar-refractivity contribution in [3.63, 3.8) is 0 Å². The number of rotatable bonds is 6. The Kier molecular flexibility index (Phi) is 5.79. The molecule has 0 aliphatic rings. The highest BCUT2D eigenvalue weighted by molar-refractivity contribution is 7.90. The van der Waals surface area contributed by atoms with E-state index in [9.17, 15) is 13.2 Å². The molecule has 1 aromatic heterocycles. The maximum Gasteiger partial charge on any atom is 0.330 e. The predicted molar refractivity (Wildman–Crippen MR) is 113 cm³/mol. The number of hydrogen-bond acceptors (Lipinski definition) is 5. The number of carbonyl (C=O) groups is 1. The Morgan fingerprint density at radius 3 is 2.45 bits per heavy atom. The number of aromatic nitrogens is 1. The third kappa shape index (κ3) is 3.91. The first-order valence-corrected chi connectivity index (χ1v) is 10.6. The summed E-state index contributed by atoms with van der Waals surface area (Å²) >= 11 is 0. The molecule has 0 fully saturated rings. The van der Waals surface area contributed by atoms with E-state index in [1.54, 1.807) is 49.4 Å². The lowest BCUT2D eigenvalue weighted by Gasteiger charge is -2.13. The van der Waals surface area contributed by atoms with Gasteiger partial charge in [-0.2, -0.15) is 0 Å². The summed E-state index contributed by atoms with van der Waals surface area (Å²) in [6.45, 7) is 5.73. The first kappa shape index (κ1) is 20.7. The average Bonchev–Trinajstić information content (AvgIpc) is 3.14. The minimum absolute atomic E-state index is 0.208. The van der Waals surface area contributed by atoms with Gasteiger partial charge in [0.25, 0.3) is 10.0 Å². The van der Waals surface area contributed by atoms with E-state index in [4.69, 9.17) is 9.47 Å². The zero-order valence-electron chi connectivity index (χ0n) is 16.8. The van der Waals surface area contributed by atoms with Crippen molar-refractivity contribution < 1.29 is 22.7 Å². The number of carbonyl (C=O) groups excluding carboxylic acids is 1. The van der Waals surface area contributed by atoms with Gasteiger partial charge in [0, 0.05) is 23.2 Å². The third-order valence-electron chi connectivity index (χ3n) is 4.60. The molecule has 0 aliphatic carbocycles. The molecular weight excluding hydrogens is 390 g/mol. The molecule has 0 N–H and O–H groups in total. The number of methoxy groups -OCH3 is 1. The second-order valence-electron chi connectivity index (χ2n) is 6.59. The maximum absolute atomic E-state index is 13.2. The van der Waals surface area contributed by atoms with Gasteiger partial charge in [-0.25, -0.2) is 17.2 Å². The lowest BCUT2D eigenvalue weighted by atomic mass is 10.0. The molecule has 7 heteroatoms. The lowest BCUT2D eigenvalue weighted by Crippen LogP contribution is -2.12. The number of nitrogens with zero attached hydrogens (tertiary/aromatic N) is 1. The van der Waals surface area contributed by atoms with Gasteiger partial charge >= 0.3 is 5.97 Å². The molecular formula is C22H23NO5S. The van der Waals surface area contributed by atoms with E-state index in [-0.39, 0.29) is 11.5 Å². The van der Waals surface area contributed by atoms with Crippen LogP contribution in [0, 0.1) is 13.8 Å². The molecule has 0 atom stereocenters. The number of aryl methyl sites for hydroxylation is 2. The lowest BCUT2D eigenvalue weighted by molar-refractivity contribution is -0.137. The van der Waals surface area contributed by atoms with E-state index in [2.05, 4.69) is 0 Å². The molecule has 29 heavy (non-hydrogen) atoms. The molecule has 0 radical (unpaired) electrons. The Hall–Kier alpha value is -3.06. The monoisotopic (exact) mass is 413 g/mol. The third-order valence-corrected chi connectivity index (χ3v) is 6.29. The molecule has 0 bridgehead atoms. The second kappa shape index (κ2) is 8.13. The fourth-order valence-corrected chi connectivity index (χ4v) is 4.61. The van der Waals surface area contributed by atoms with Crippen LogP contribution in [-0.2, 0) is 19.6 Å². The summed E-state index contributed by atoms with van der Waals surface area (Å²) in [5.41, 5.74) is 2.87. The molecule has 0 spiro atoms. The number of ether oxygens (including phenoxy) is 2. The van der Waals surface area contributed by atoms with Crippen molar-refractivity contribution >= 4 is 33.0 Å². The van der Waals surface area contributed by atoms with Gasteiger partial charge in [0.1, 0.15) is 5.75 Å². The van der Waals surface area contributed by atoms with Crippen LogP contribution in [0.25, 0.3) is 17.0 Å². The molecule has 6 nitrogen and oxygen atoms in total. The summed E-state index contributed by atoms with van der Waals surface area (Å²) in [6.07, 6.45) is 4.41. The van der Waals surface area contributed by atoms with Gasteiger partial charge in [-0.1, -0.05) is 17.7 Å². The molecule has 1 heterocycles. The van der Waals surface area contributed by atoms with Crippen molar-refractivity contribution in [2.24, 2.45) is 0 Å². The fraction of sp³-hybridized carbons (Fsp3) is 0.227. The number of esters is 1. The van der Waals surface area contributed by atoms with Crippen molar-refractivity contribution in [1.29, 1.82) is 0 Å². The normalized spacial score (nSPS) is 11.9. The fourth-order valence-electron chi connectivity index (χ4n) is 3.20. The van der Waals surface area contributed by atoms with Gasteiger partial charge in [0.2, 0.25) is 0 Å². The Balaban J connectivity index is 2.21. The van der Waals surface area contributed by atoms with Crippen molar-refractivity contribution in [2.75, 3.05) is 13.7 Å². The van der Waals surface area contributed by atoms with Crippen LogP contribution >= 0.6 is 0 Å². The Bertz CT molecular complexity index is 1190. The molecule has 0 amide bonds. The smallest absolute Gasteiger partial charge is 0.330 e. The van der Waals surface area contributed by atoms with Crippen LogP contribution in [-0.4, -0.2) is 32.1 Å². The molecule has 0 unspecified atom stereocenters. The van der Waals surface area contributed by atoms with Crippen molar-refractivity contribution in [3.05, 3.63) is 65.4 Å². The minimum atomic E-state index is -3.78. The molecule has 0 saturated heterocycles. The highest BCUT2D eigenvalue weighted by atomic mass is 32.2. The van der Waals surface area contributed by atoms with Crippen LogP contribution in [0.4, 0.5) is 0 Å². The van der Waals surface area contributed by atoms with Crippen LogP contribution in [0.1, 0.15) is 23.6 Å². The zero-order chi connectivity index (χ0) is 21.2. The topological polar surface area (TPSA) is 74.6 Å². The summed E-state index contributed by atoms with van der Waals surface area (Å²) in [4.78, 5) is 12.0. The number of benzene rings is 2. The Morgan fingerprint density at radius 2 is 1.83 bits per heavy atom. The van der Waals surface area contributed by atoms with Gasteiger partial charge in [-0.05, 0) is 56.7 Å². The van der Waals surface area contributed by atoms with Gasteiger partial charge in [-0.15, -0.1) is 0 Å². The summed E-state index contributed by atoms with van der Waals surface area (Å²) in [6, 6.07) is 10.2. The van der Waals surface area contributed by atoms with Crippen molar-refractivity contribution in [3.8, 4) is 5.75 Å². The van der Waals surface area contributed by atoms with Crippen LogP contribution in [0.2, 0.25) is 0 Å². The molecule has 3 rings (SSSR count). The van der Waals surface area contributed by atoms with Crippen LogP contribution < -0.4 is 4.74 Å². The van der Waals surface area contributed by atoms with E-state index < -0.39 is 16.0 Å². The first-order valence-electron chi connectivity index (χ1n) is 9.15.